The summed E-state index contributed by atoms with van der Waals surface area (Å²) >= 11 is 0. The van der Waals surface area contributed by atoms with Crippen LogP contribution in [-0.2, 0) is 6.42 Å². The first kappa shape index (κ1) is 10.2. The van der Waals surface area contributed by atoms with Crippen LogP contribution >= 0.6 is 0 Å². The van der Waals surface area contributed by atoms with Gasteiger partial charge in [-0.25, -0.2) is 0 Å². The predicted octanol–water partition coefficient (Wildman–Crippen LogP) is 1.34. The van der Waals surface area contributed by atoms with E-state index < -0.39 is 0 Å². The molecule has 0 unspecified atom stereocenters. The van der Waals surface area contributed by atoms with Crippen LogP contribution in [0.5, 0.6) is 0 Å². The van der Waals surface area contributed by atoms with Gasteiger partial charge >= 0.3 is 0 Å². The standard InChI is InChI=1S/C12H16N2O/c1-8-11(6-9(13)7-15)10-4-2-3-5-12(10)14-8/h2-5,9,14-15H,6-7,13H2,1H3/t9-/m1/s1. The number of aromatic nitrogens is 1. The van der Waals surface area contributed by atoms with Crippen molar-refractivity contribution in [2.24, 2.45) is 5.73 Å². The van der Waals surface area contributed by atoms with Gasteiger partial charge in [-0.15, -0.1) is 0 Å². The Balaban J connectivity index is 2.45. The molecule has 15 heavy (non-hydrogen) atoms. The molecule has 0 saturated carbocycles. The Morgan fingerprint density at radius 3 is 2.87 bits per heavy atom. The topological polar surface area (TPSA) is 62.0 Å². The largest absolute Gasteiger partial charge is 0.395 e. The average molecular weight is 204 g/mol. The molecular formula is C12H16N2O. The molecule has 0 spiro atoms. The number of aliphatic hydroxyl groups is 1. The number of rotatable bonds is 3. The monoisotopic (exact) mass is 204 g/mol. The van der Waals surface area contributed by atoms with Gasteiger partial charge in [0.1, 0.15) is 0 Å². The number of hydrogen-bond donors (Lipinski definition) is 3. The molecule has 0 saturated heterocycles. The third kappa shape index (κ3) is 1.89. The van der Waals surface area contributed by atoms with E-state index in [0.29, 0.717) is 6.42 Å². The van der Waals surface area contributed by atoms with Gasteiger partial charge in [-0.1, -0.05) is 18.2 Å². The summed E-state index contributed by atoms with van der Waals surface area (Å²) in [7, 11) is 0. The van der Waals surface area contributed by atoms with Gasteiger partial charge in [0.2, 0.25) is 0 Å². The molecule has 1 aromatic carbocycles. The number of aryl methyl sites for hydroxylation is 1. The number of H-pyrrole nitrogens is 1. The van der Waals surface area contributed by atoms with Gasteiger partial charge in [-0.2, -0.15) is 0 Å². The van der Waals surface area contributed by atoms with Crippen molar-refractivity contribution in [3.63, 3.8) is 0 Å². The van der Waals surface area contributed by atoms with Crippen LogP contribution in [0.3, 0.4) is 0 Å². The first-order chi connectivity index (χ1) is 7.22. The molecule has 2 rings (SSSR count). The van der Waals surface area contributed by atoms with Crippen molar-refractivity contribution >= 4 is 10.9 Å². The first-order valence-electron chi connectivity index (χ1n) is 5.15. The van der Waals surface area contributed by atoms with E-state index in [1.807, 2.05) is 19.1 Å². The Labute approximate surface area is 88.9 Å². The van der Waals surface area contributed by atoms with Crippen molar-refractivity contribution < 1.29 is 5.11 Å². The van der Waals surface area contributed by atoms with Crippen LogP contribution in [0.4, 0.5) is 0 Å². The molecule has 80 valence electrons. The van der Waals surface area contributed by atoms with E-state index in [-0.39, 0.29) is 12.6 Å². The van der Waals surface area contributed by atoms with Gasteiger partial charge < -0.3 is 15.8 Å². The predicted molar refractivity (Wildman–Crippen MR) is 61.8 cm³/mol. The number of aromatic amines is 1. The van der Waals surface area contributed by atoms with E-state index in [1.54, 1.807) is 0 Å². The zero-order valence-electron chi connectivity index (χ0n) is 8.83. The molecular weight excluding hydrogens is 188 g/mol. The maximum Gasteiger partial charge on any atom is 0.0585 e. The molecule has 3 nitrogen and oxygen atoms in total. The SMILES string of the molecule is Cc1[nH]c2ccccc2c1C[C@@H](N)CO. The third-order valence-electron chi connectivity index (χ3n) is 2.73. The van der Waals surface area contributed by atoms with Crippen LogP contribution in [0.1, 0.15) is 11.3 Å². The molecule has 1 atom stereocenters. The lowest BCUT2D eigenvalue weighted by Crippen LogP contribution is -2.27. The maximum absolute atomic E-state index is 8.96. The Morgan fingerprint density at radius 2 is 2.13 bits per heavy atom. The lowest BCUT2D eigenvalue weighted by molar-refractivity contribution is 0.265. The van der Waals surface area contributed by atoms with Crippen LogP contribution in [0.2, 0.25) is 0 Å². The first-order valence-corrected chi connectivity index (χ1v) is 5.15. The zero-order valence-corrected chi connectivity index (χ0v) is 8.83. The summed E-state index contributed by atoms with van der Waals surface area (Å²) < 4.78 is 0. The van der Waals surface area contributed by atoms with Crippen LogP contribution in [-0.4, -0.2) is 22.7 Å². The fourth-order valence-corrected chi connectivity index (χ4v) is 1.92. The maximum atomic E-state index is 8.96. The number of hydrogen-bond acceptors (Lipinski definition) is 2. The van der Waals surface area contributed by atoms with Crippen LogP contribution in [0.25, 0.3) is 10.9 Å². The molecule has 0 bridgehead atoms. The summed E-state index contributed by atoms with van der Waals surface area (Å²) in [6, 6.07) is 7.98. The van der Waals surface area contributed by atoms with Gasteiger partial charge in [0.15, 0.2) is 0 Å². The summed E-state index contributed by atoms with van der Waals surface area (Å²) in [6.45, 7) is 2.07. The summed E-state index contributed by atoms with van der Waals surface area (Å²) in [5.41, 5.74) is 9.25. The Hall–Kier alpha value is -1.32. The number of fused-ring (bicyclic) bond motifs is 1. The van der Waals surface area contributed by atoms with Crippen LogP contribution in [0, 0.1) is 6.92 Å². The van der Waals surface area contributed by atoms with E-state index in [0.717, 1.165) is 11.2 Å². The number of aliphatic hydroxyl groups excluding tert-OH is 1. The second kappa shape index (κ2) is 4.04. The minimum Gasteiger partial charge on any atom is -0.395 e. The molecule has 0 amide bonds. The number of nitrogens with one attached hydrogen (secondary N) is 1. The van der Waals surface area contributed by atoms with Gasteiger partial charge in [-0.05, 0) is 25.0 Å². The molecule has 3 heteroatoms. The Kier molecular flexibility index (Phi) is 2.75. The third-order valence-corrected chi connectivity index (χ3v) is 2.73. The minimum absolute atomic E-state index is 0.0267. The molecule has 4 N–H and O–H groups in total. The fraction of sp³-hybridized carbons (Fsp3) is 0.333. The molecule has 1 heterocycles. The lowest BCUT2D eigenvalue weighted by atomic mass is 10.0. The molecule has 1 aromatic heterocycles. The second-order valence-corrected chi connectivity index (χ2v) is 3.92. The quantitative estimate of drug-likeness (QED) is 0.706. The van der Waals surface area contributed by atoms with Crippen molar-refractivity contribution in [1.29, 1.82) is 0 Å². The average Bonchev–Trinajstić information content (AvgIpc) is 2.55. The van der Waals surface area contributed by atoms with Gasteiger partial charge in [0.25, 0.3) is 0 Å². The van der Waals surface area contributed by atoms with Gasteiger partial charge in [0, 0.05) is 22.6 Å². The van der Waals surface area contributed by atoms with E-state index in [1.165, 1.54) is 10.9 Å². The Morgan fingerprint density at radius 1 is 1.40 bits per heavy atom. The molecule has 0 aliphatic carbocycles. The molecule has 0 aliphatic rings. The van der Waals surface area contributed by atoms with Crippen LogP contribution < -0.4 is 5.73 Å². The van der Waals surface area contributed by atoms with Crippen LogP contribution in [0.15, 0.2) is 24.3 Å². The second-order valence-electron chi connectivity index (χ2n) is 3.92. The zero-order chi connectivity index (χ0) is 10.8. The van der Waals surface area contributed by atoms with Crippen molar-refractivity contribution in [3.8, 4) is 0 Å². The number of para-hydroxylation sites is 1. The molecule has 0 aliphatic heterocycles. The van der Waals surface area contributed by atoms with E-state index in [2.05, 4.69) is 17.1 Å². The summed E-state index contributed by atoms with van der Waals surface area (Å²) in [5.74, 6) is 0. The smallest absolute Gasteiger partial charge is 0.0585 e. The van der Waals surface area contributed by atoms with Gasteiger partial charge in [-0.3, -0.25) is 0 Å². The lowest BCUT2D eigenvalue weighted by Gasteiger charge is -2.07. The molecule has 0 radical (unpaired) electrons. The van der Waals surface area contributed by atoms with Crippen molar-refractivity contribution in [3.05, 3.63) is 35.5 Å². The highest BCUT2D eigenvalue weighted by atomic mass is 16.3. The fourth-order valence-electron chi connectivity index (χ4n) is 1.92. The van der Waals surface area contributed by atoms with E-state index in [9.17, 15) is 0 Å². The molecule has 0 fully saturated rings. The van der Waals surface area contributed by atoms with Crippen molar-refractivity contribution in [2.45, 2.75) is 19.4 Å². The van der Waals surface area contributed by atoms with E-state index in [4.69, 9.17) is 10.8 Å². The Bertz CT molecular complexity index is 462. The summed E-state index contributed by atoms with van der Waals surface area (Å²) in [4.78, 5) is 3.32. The highest BCUT2D eigenvalue weighted by Crippen LogP contribution is 2.22. The normalized spacial score (nSPS) is 13.3. The number of nitrogens with two attached hydrogens (primary N) is 1. The molecule has 2 aromatic rings. The highest BCUT2D eigenvalue weighted by Gasteiger charge is 2.10. The summed E-state index contributed by atoms with van der Waals surface area (Å²) in [5, 5.41) is 10.2. The van der Waals surface area contributed by atoms with Crippen molar-refractivity contribution in [1.82, 2.24) is 4.98 Å². The highest BCUT2D eigenvalue weighted by molar-refractivity contribution is 5.84. The number of benzene rings is 1. The van der Waals surface area contributed by atoms with Gasteiger partial charge in [0.05, 0.1) is 6.61 Å². The van der Waals surface area contributed by atoms with Crippen molar-refractivity contribution in [2.75, 3.05) is 6.61 Å². The minimum atomic E-state index is -0.178. The van der Waals surface area contributed by atoms with E-state index >= 15 is 0 Å². The summed E-state index contributed by atoms with van der Waals surface area (Å²) in [6.07, 6.45) is 0.715.